The van der Waals surface area contributed by atoms with Crippen LogP contribution in [0.3, 0.4) is 0 Å². The number of rotatable bonds is 12. The van der Waals surface area contributed by atoms with Crippen molar-refractivity contribution in [1.82, 2.24) is 0 Å². The lowest BCUT2D eigenvalue weighted by molar-refractivity contribution is -0.384. The summed E-state index contributed by atoms with van der Waals surface area (Å²) in [5.74, 6) is 2.23. The number of ketones is 1. The summed E-state index contributed by atoms with van der Waals surface area (Å²) in [5, 5.41) is 13.9. The van der Waals surface area contributed by atoms with Crippen LogP contribution in [0.5, 0.6) is 28.7 Å². The van der Waals surface area contributed by atoms with Gasteiger partial charge in [0, 0.05) is 47.3 Å². The van der Waals surface area contributed by atoms with E-state index in [-0.39, 0.29) is 11.5 Å². The molecule has 10 nitrogen and oxygen atoms in total. The van der Waals surface area contributed by atoms with Gasteiger partial charge in [-0.1, -0.05) is 12.2 Å². The molecule has 0 aliphatic heterocycles. The molecule has 1 N–H and O–H groups in total. The number of carbonyl (C=O) groups excluding carboxylic acids is 1. The normalized spacial score (nSPS) is 10.9. The minimum atomic E-state index is -0.518. The molecule has 0 heterocycles. The number of hydrogen-bond acceptors (Lipinski definition) is 9. The number of nitrogens with zero attached hydrogens (tertiary/aromatic N) is 1. The second-order valence-corrected chi connectivity index (χ2v) is 7.73. The van der Waals surface area contributed by atoms with Crippen LogP contribution in [-0.4, -0.2) is 46.3 Å². The maximum absolute atomic E-state index is 12.5. The van der Waals surface area contributed by atoms with Gasteiger partial charge in [-0.25, -0.2) is 0 Å². The predicted molar refractivity (Wildman–Crippen MR) is 145 cm³/mol. The molecule has 0 saturated carbocycles. The summed E-state index contributed by atoms with van der Waals surface area (Å²) in [6, 6.07) is 12.6. The molecule has 0 fully saturated rings. The minimum absolute atomic E-state index is 0.0856. The highest BCUT2D eigenvalue weighted by molar-refractivity contribution is 6.04. The number of benzene rings is 3. The number of nitrogens with one attached hydrogen (secondary N) is 1. The number of allylic oxidation sites excluding steroid dienone is 1. The van der Waals surface area contributed by atoms with Crippen LogP contribution in [0.2, 0.25) is 0 Å². The molecule has 0 radical (unpaired) electrons. The van der Waals surface area contributed by atoms with Gasteiger partial charge in [0.2, 0.25) is 5.75 Å². The smallest absolute Gasteiger partial charge is 0.269 e. The van der Waals surface area contributed by atoms with E-state index >= 15 is 0 Å². The van der Waals surface area contributed by atoms with Crippen LogP contribution in [-0.2, 0) is 0 Å². The van der Waals surface area contributed by atoms with Crippen molar-refractivity contribution in [3.63, 3.8) is 0 Å². The molecule has 0 aromatic heterocycles. The highest BCUT2D eigenvalue weighted by Gasteiger charge is 2.13. The Morgan fingerprint density at radius 1 is 0.789 bits per heavy atom. The maximum Gasteiger partial charge on any atom is 0.269 e. The second-order valence-electron chi connectivity index (χ2n) is 7.73. The van der Waals surface area contributed by atoms with E-state index in [2.05, 4.69) is 5.32 Å². The molecule has 3 aromatic carbocycles. The van der Waals surface area contributed by atoms with E-state index in [0.717, 1.165) is 11.1 Å². The number of anilines is 1. The van der Waals surface area contributed by atoms with Crippen molar-refractivity contribution in [2.24, 2.45) is 0 Å². The number of non-ortho nitro benzene ring substituents is 1. The van der Waals surface area contributed by atoms with Gasteiger partial charge in [-0.05, 0) is 35.9 Å². The van der Waals surface area contributed by atoms with E-state index < -0.39 is 4.92 Å². The number of nitro groups is 1. The van der Waals surface area contributed by atoms with Crippen LogP contribution in [0.1, 0.15) is 21.5 Å². The average molecular weight is 521 g/mol. The Bertz CT molecular complexity index is 1340. The second kappa shape index (κ2) is 12.8. The zero-order valence-corrected chi connectivity index (χ0v) is 21.6. The summed E-state index contributed by atoms with van der Waals surface area (Å²) < 4.78 is 27.1. The van der Waals surface area contributed by atoms with Crippen LogP contribution in [0, 0.1) is 10.1 Å². The summed E-state index contributed by atoms with van der Waals surface area (Å²) in [6.07, 6.45) is 6.55. The molecule has 0 aliphatic carbocycles. The molecule has 0 atom stereocenters. The molecule has 10 heteroatoms. The Hall–Kier alpha value is -4.99. The fourth-order valence-electron chi connectivity index (χ4n) is 3.59. The van der Waals surface area contributed by atoms with Gasteiger partial charge in [-0.3, -0.25) is 14.9 Å². The maximum atomic E-state index is 12.5. The Morgan fingerprint density at radius 3 is 1.89 bits per heavy atom. The molecular formula is C28H28N2O8. The molecule has 198 valence electrons. The van der Waals surface area contributed by atoms with Crippen LogP contribution >= 0.6 is 0 Å². The lowest BCUT2D eigenvalue weighted by Crippen LogP contribution is -1.99. The molecular weight excluding hydrogens is 492 g/mol. The molecule has 0 aliphatic rings. The van der Waals surface area contributed by atoms with Crippen molar-refractivity contribution in [2.75, 3.05) is 40.9 Å². The summed E-state index contributed by atoms with van der Waals surface area (Å²) in [6.45, 7) is 0. The third-order valence-corrected chi connectivity index (χ3v) is 5.53. The standard InChI is InChI=1S/C28H28N2O8/c1-34-24-16-20(7-6-18-14-26(36-3)28(38-5)27(15-18)37-4)22(17-25(24)35-2)29-13-12-23(31)19-8-10-21(11-9-19)30(32)33/h6-17,29H,1-5H3/b7-6-,13-12-. The van der Waals surface area contributed by atoms with Gasteiger partial charge in [0.25, 0.3) is 5.69 Å². The first-order valence-corrected chi connectivity index (χ1v) is 11.3. The van der Waals surface area contributed by atoms with Crippen molar-refractivity contribution in [3.05, 3.63) is 87.6 Å². The fraction of sp³-hybridized carbons (Fsp3) is 0.179. The average Bonchev–Trinajstić information content (AvgIpc) is 2.95. The summed E-state index contributed by atoms with van der Waals surface area (Å²) in [4.78, 5) is 22.8. The molecule has 0 saturated heterocycles. The molecule has 3 rings (SSSR count). The van der Waals surface area contributed by atoms with Crippen LogP contribution in [0.15, 0.2) is 60.8 Å². The number of nitro benzene ring substituents is 1. The summed E-state index contributed by atoms with van der Waals surface area (Å²) in [5.41, 5.74) is 2.41. The van der Waals surface area contributed by atoms with E-state index in [4.69, 9.17) is 23.7 Å². The Kier molecular flexibility index (Phi) is 9.31. The largest absolute Gasteiger partial charge is 0.493 e. The van der Waals surface area contributed by atoms with Gasteiger partial charge < -0.3 is 29.0 Å². The van der Waals surface area contributed by atoms with Gasteiger partial charge in [0.15, 0.2) is 28.8 Å². The van der Waals surface area contributed by atoms with Crippen molar-refractivity contribution >= 4 is 29.3 Å². The topological polar surface area (TPSA) is 118 Å². The van der Waals surface area contributed by atoms with Gasteiger partial charge in [0.1, 0.15) is 0 Å². The summed E-state index contributed by atoms with van der Waals surface area (Å²) >= 11 is 0. The first kappa shape index (κ1) is 27.6. The summed E-state index contributed by atoms with van der Waals surface area (Å²) in [7, 11) is 7.70. The Morgan fingerprint density at radius 2 is 1.37 bits per heavy atom. The number of carbonyl (C=O) groups is 1. The van der Waals surface area contributed by atoms with E-state index in [0.29, 0.717) is 40.0 Å². The quantitative estimate of drug-likeness (QED) is 0.107. The lowest BCUT2D eigenvalue weighted by Gasteiger charge is -2.14. The molecule has 0 amide bonds. The van der Waals surface area contributed by atoms with Gasteiger partial charge in [0.05, 0.1) is 40.5 Å². The molecule has 3 aromatic rings. The van der Waals surface area contributed by atoms with Crippen molar-refractivity contribution in [2.45, 2.75) is 0 Å². The van der Waals surface area contributed by atoms with Crippen LogP contribution in [0.25, 0.3) is 12.2 Å². The molecule has 38 heavy (non-hydrogen) atoms. The zero-order chi connectivity index (χ0) is 27.7. The van der Waals surface area contributed by atoms with E-state index in [1.807, 2.05) is 24.3 Å². The first-order valence-electron chi connectivity index (χ1n) is 11.3. The predicted octanol–water partition coefficient (Wildman–Crippen LogP) is 5.62. The number of hydrogen-bond donors (Lipinski definition) is 1. The highest BCUT2D eigenvalue weighted by Crippen LogP contribution is 2.39. The SMILES string of the molecule is COc1cc(/C=C\c2cc(OC)c(OC)c(OC)c2)c(N/C=C\C(=O)c2ccc([N+](=O)[O-])cc2)cc1OC. The Balaban J connectivity index is 1.91. The number of ether oxygens (including phenoxy) is 5. The van der Waals surface area contributed by atoms with E-state index in [1.54, 1.807) is 33.5 Å². The molecule has 0 bridgehead atoms. The van der Waals surface area contributed by atoms with Gasteiger partial charge >= 0.3 is 0 Å². The van der Waals surface area contributed by atoms with Crippen molar-refractivity contribution < 1.29 is 33.4 Å². The molecule has 0 unspecified atom stereocenters. The van der Waals surface area contributed by atoms with Crippen LogP contribution in [0.4, 0.5) is 11.4 Å². The van der Waals surface area contributed by atoms with Gasteiger partial charge in [-0.15, -0.1) is 0 Å². The third-order valence-electron chi connectivity index (χ3n) is 5.53. The van der Waals surface area contributed by atoms with Gasteiger partial charge in [-0.2, -0.15) is 0 Å². The number of methoxy groups -OCH3 is 5. The van der Waals surface area contributed by atoms with E-state index in [1.165, 1.54) is 50.8 Å². The first-order chi connectivity index (χ1) is 18.3. The minimum Gasteiger partial charge on any atom is -0.493 e. The fourth-order valence-corrected chi connectivity index (χ4v) is 3.59. The van der Waals surface area contributed by atoms with Crippen molar-refractivity contribution in [3.8, 4) is 28.7 Å². The van der Waals surface area contributed by atoms with E-state index in [9.17, 15) is 14.9 Å². The third kappa shape index (κ3) is 6.41. The lowest BCUT2D eigenvalue weighted by atomic mass is 10.1. The molecule has 0 spiro atoms. The monoisotopic (exact) mass is 520 g/mol. The van der Waals surface area contributed by atoms with Crippen molar-refractivity contribution in [1.29, 1.82) is 0 Å². The zero-order valence-electron chi connectivity index (χ0n) is 21.6. The Labute approximate surface area is 220 Å². The highest BCUT2D eigenvalue weighted by atomic mass is 16.6. The van der Waals surface area contributed by atoms with Crippen LogP contribution < -0.4 is 29.0 Å².